The zero-order valence-corrected chi connectivity index (χ0v) is 9.51. The Morgan fingerprint density at radius 2 is 2.07 bits per heavy atom. The molecule has 14 heavy (non-hydrogen) atoms. The van der Waals surface area contributed by atoms with Crippen molar-refractivity contribution < 1.29 is 4.74 Å². The highest BCUT2D eigenvalue weighted by molar-refractivity contribution is 5.31. The van der Waals surface area contributed by atoms with Gasteiger partial charge in [-0.05, 0) is 39.4 Å². The Hall–Kier alpha value is -1.09. The van der Waals surface area contributed by atoms with Crippen LogP contribution >= 0.6 is 0 Å². The van der Waals surface area contributed by atoms with Crippen LogP contribution in [0.25, 0.3) is 0 Å². The van der Waals surface area contributed by atoms with Gasteiger partial charge in [0.2, 0.25) is 5.88 Å². The van der Waals surface area contributed by atoms with Crippen molar-refractivity contribution >= 4 is 0 Å². The van der Waals surface area contributed by atoms with Crippen LogP contribution in [0.5, 0.6) is 5.88 Å². The van der Waals surface area contributed by atoms with Gasteiger partial charge in [-0.25, -0.2) is 4.98 Å². The molecule has 0 aromatic carbocycles. The summed E-state index contributed by atoms with van der Waals surface area (Å²) in [7, 11) is 3.58. The smallest absolute Gasteiger partial charge is 0.215 e. The molecule has 1 aromatic heterocycles. The number of hydrogen-bond donors (Lipinski definition) is 1. The minimum absolute atomic E-state index is 0.0516. The van der Waals surface area contributed by atoms with Crippen molar-refractivity contribution in [2.45, 2.75) is 26.3 Å². The number of aromatic nitrogens is 1. The number of ether oxygens (including phenoxy) is 1. The summed E-state index contributed by atoms with van der Waals surface area (Å²) in [5.74, 6) is 0.695. The van der Waals surface area contributed by atoms with Crippen LogP contribution in [0.3, 0.4) is 0 Å². The molecule has 1 heterocycles. The highest BCUT2D eigenvalue weighted by Crippen LogP contribution is 2.23. The molecule has 0 spiro atoms. The number of pyridine rings is 1. The van der Waals surface area contributed by atoms with E-state index in [-0.39, 0.29) is 5.54 Å². The molecule has 0 radical (unpaired) electrons. The number of methoxy groups -OCH3 is 1. The molecule has 0 fully saturated rings. The van der Waals surface area contributed by atoms with E-state index in [1.807, 2.05) is 20.2 Å². The van der Waals surface area contributed by atoms with Crippen molar-refractivity contribution in [2.24, 2.45) is 0 Å². The fraction of sp³-hybridized carbons (Fsp3) is 0.545. The maximum absolute atomic E-state index is 5.11. The first-order chi connectivity index (χ1) is 6.51. The molecule has 0 aliphatic heterocycles. The largest absolute Gasteiger partial charge is 0.481 e. The first-order valence-corrected chi connectivity index (χ1v) is 4.71. The summed E-state index contributed by atoms with van der Waals surface area (Å²) < 4.78 is 5.11. The van der Waals surface area contributed by atoms with Crippen LogP contribution in [0, 0.1) is 6.92 Å². The molecule has 1 N–H and O–H groups in total. The number of hydrogen-bond acceptors (Lipinski definition) is 3. The summed E-state index contributed by atoms with van der Waals surface area (Å²) in [5.41, 5.74) is 2.18. The third kappa shape index (κ3) is 2.04. The van der Waals surface area contributed by atoms with E-state index in [9.17, 15) is 0 Å². The fourth-order valence-corrected chi connectivity index (χ4v) is 1.26. The Morgan fingerprint density at radius 3 is 2.50 bits per heavy atom. The molecular formula is C11H18N2O. The zero-order valence-electron chi connectivity index (χ0n) is 9.51. The number of rotatable bonds is 3. The van der Waals surface area contributed by atoms with Crippen LogP contribution in [-0.2, 0) is 5.54 Å². The predicted molar refractivity (Wildman–Crippen MR) is 57.6 cm³/mol. The van der Waals surface area contributed by atoms with Gasteiger partial charge < -0.3 is 10.1 Å². The average Bonchev–Trinajstić information content (AvgIpc) is 2.17. The van der Waals surface area contributed by atoms with Gasteiger partial charge in [-0.2, -0.15) is 0 Å². The normalized spacial score (nSPS) is 11.5. The van der Waals surface area contributed by atoms with E-state index < -0.39 is 0 Å². The van der Waals surface area contributed by atoms with Crippen LogP contribution in [-0.4, -0.2) is 19.1 Å². The minimum atomic E-state index is -0.0516. The third-order valence-corrected chi connectivity index (χ3v) is 2.57. The van der Waals surface area contributed by atoms with Gasteiger partial charge in [0.1, 0.15) is 0 Å². The summed E-state index contributed by atoms with van der Waals surface area (Å²) in [6, 6.07) is 2.10. The van der Waals surface area contributed by atoms with E-state index >= 15 is 0 Å². The Kier molecular flexibility index (Phi) is 3.11. The second kappa shape index (κ2) is 3.96. The molecule has 1 aromatic rings. The lowest BCUT2D eigenvalue weighted by atomic mass is 9.95. The van der Waals surface area contributed by atoms with Crippen LogP contribution in [0.2, 0.25) is 0 Å². The number of nitrogens with zero attached hydrogens (tertiary/aromatic N) is 1. The lowest BCUT2D eigenvalue weighted by molar-refractivity contribution is 0.390. The van der Waals surface area contributed by atoms with Gasteiger partial charge in [0, 0.05) is 17.3 Å². The predicted octanol–water partition coefficient (Wildman–Crippen LogP) is 1.85. The van der Waals surface area contributed by atoms with Gasteiger partial charge in [0.15, 0.2) is 0 Å². The van der Waals surface area contributed by atoms with Gasteiger partial charge in [0.25, 0.3) is 0 Å². The molecule has 0 atom stereocenters. The molecule has 78 valence electrons. The third-order valence-electron chi connectivity index (χ3n) is 2.57. The van der Waals surface area contributed by atoms with E-state index in [1.165, 1.54) is 5.56 Å². The first kappa shape index (κ1) is 11.0. The molecule has 3 heteroatoms. The van der Waals surface area contributed by atoms with Crippen molar-refractivity contribution in [1.29, 1.82) is 0 Å². The van der Waals surface area contributed by atoms with Gasteiger partial charge in [-0.15, -0.1) is 0 Å². The summed E-state index contributed by atoms with van der Waals surface area (Å²) >= 11 is 0. The Morgan fingerprint density at radius 1 is 1.43 bits per heavy atom. The fourth-order valence-electron chi connectivity index (χ4n) is 1.26. The van der Waals surface area contributed by atoms with Gasteiger partial charge in [-0.3, -0.25) is 0 Å². The quantitative estimate of drug-likeness (QED) is 0.797. The number of nitrogens with one attached hydrogen (secondary N) is 1. The van der Waals surface area contributed by atoms with E-state index in [0.717, 1.165) is 5.56 Å². The molecule has 0 aliphatic carbocycles. The molecule has 0 saturated carbocycles. The standard InChI is InChI=1S/C11H18N2O/c1-8-6-9(11(2,3)12-4)7-13-10(8)14-5/h6-7,12H,1-5H3. The Balaban J connectivity index is 3.08. The SMILES string of the molecule is CNC(C)(C)c1cnc(OC)c(C)c1. The summed E-state index contributed by atoms with van der Waals surface area (Å²) in [6.07, 6.45) is 1.85. The van der Waals surface area contributed by atoms with Gasteiger partial charge in [-0.1, -0.05) is 0 Å². The summed E-state index contributed by atoms with van der Waals surface area (Å²) in [5, 5.41) is 3.24. The van der Waals surface area contributed by atoms with Crippen LogP contribution < -0.4 is 10.1 Å². The molecule has 0 unspecified atom stereocenters. The van der Waals surface area contributed by atoms with E-state index in [0.29, 0.717) is 5.88 Å². The molecule has 0 bridgehead atoms. The van der Waals surface area contributed by atoms with Crippen molar-refractivity contribution in [3.05, 3.63) is 23.4 Å². The van der Waals surface area contributed by atoms with E-state index in [2.05, 4.69) is 30.2 Å². The zero-order chi connectivity index (χ0) is 10.8. The molecule has 0 amide bonds. The van der Waals surface area contributed by atoms with Crippen molar-refractivity contribution in [3.63, 3.8) is 0 Å². The van der Waals surface area contributed by atoms with Crippen molar-refractivity contribution in [2.75, 3.05) is 14.2 Å². The average molecular weight is 194 g/mol. The second-order valence-electron chi connectivity index (χ2n) is 3.93. The molecule has 1 rings (SSSR count). The molecule has 3 nitrogen and oxygen atoms in total. The summed E-state index contributed by atoms with van der Waals surface area (Å²) in [6.45, 7) is 6.24. The van der Waals surface area contributed by atoms with Crippen molar-refractivity contribution in [1.82, 2.24) is 10.3 Å². The highest BCUT2D eigenvalue weighted by Gasteiger charge is 2.18. The topological polar surface area (TPSA) is 34.2 Å². The van der Waals surface area contributed by atoms with Crippen LogP contribution in [0.4, 0.5) is 0 Å². The lowest BCUT2D eigenvalue weighted by Crippen LogP contribution is -2.33. The van der Waals surface area contributed by atoms with Crippen LogP contribution in [0.15, 0.2) is 12.3 Å². The monoisotopic (exact) mass is 194 g/mol. The van der Waals surface area contributed by atoms with E-state index in [1.54, 1.807) is 7.11 Å². The van der Waals surface area contributed by atoms with Crippen LogP contribution in [0.1, 0.15) is 25.0 Å². The molecule has 0 aliphatic rings. The Bertz CT molecular complexity index is 321. The van der Waals surface area contributed by atoms with E-state index in [4.69, 9.17) is 4.74 Å². The second-order valence-corrected chi connectivity index (χ2v) is 3.93. The van der Waals surface area contributed by atoms with Gasteiger partial charge in [0.05, 0.1) is 7.11 Å². The first-order valence-electron chi connectivity index (χ1n) is 4.71. The molecule has 0 saturated heterocycles. The van der Waals surface area contributed by atoms with Crippen molar-refractivity contribution in [3.8, 4) is 5.88 Å². The lowest BCUT2D eigenvalue weighted by Gasteiger charge is -2.24. The van der Waals surface area contributed by atoms with Gasteiger partial charge >= 0.3 is 0 Å². The maximum atomic E-state index is 5.11. The Labute approximate surface area is 85.5 Å². The maximum Gasteiger partial charge on any atom is 0.215 e. The summed E-state index contributed by atoms with van der Waals surface area (Å²) in [4.78, 5) is 4.25. The molecular weight excluding hydrogens is 176 g/mol. The minimum Gasteiger partial charge on any atom is -0.481 e. The number of aryl methyl sites for hydroxylation is 1. The highest BCUT2D eigenvalue weighted by atomic mass is 16.5.